The van der Waals surface area contributed by atoms with E-state index in [-0.39, 0.29) is 5.78 Å². The molecule has 2 heteroatoms. The molecule has 1 aromatic rings. The average Bonchev–Trinajstić information content (AvgIpc) is 2.25. The summed E-state index contributed by atoms with van der Waals surface area (Å²) < 4.78 is 0. The predicted molar refractivity (Wildman–Crippen MR) is 57.9 cm³/mol. The first-order chi connectivity index (χ1) is 7.17. The highest BCUT2D eigenvalue weighted by Gasteiger charge is 2.37. The number of carbonyl (C=O) groups excluding carboxylic acids is 2. The SMILES string of the molecule is CC1(CC=O)CCc2ccccc2C1=O. The molecule has 0 aromatic heterocycles. The fraction of sp³-hybridized carbons (Fsp3) is 0.385. The minimum Gasteiger partial charge on any atom is -0.303 e. The molecule has 0 heterocycles. The molecule has 2 rings (SSSR count). The van der Waals surface area contributed by atoms with Gasteiger partial charge in [-0.2, -0.15) is 0 Å². The van der Waals surface area contributed by atoms with Crippen molar-refractivity contribution in [1.82, 2.24) is 0 Å². The summed E-state index contributed by atoms with van der Waals surface area (Å²) in [4.78, 5) is 22.8. The van der Waals surface area contributed by atoms with Crippen molar-refractivity contribution >= 4 is 12.1 Å². The lowest BCUT2D eigenvalue weighted by molar-refractivity contribution is -0.109. The van der Waals surface area contributed by atoms with Crippen LogP contribution in [-0.4, -0.2) is 12.1 Å². The zero-order valence-electron chi connectivity index (χ0n) is 8.82. The number of hydrogen-bond donors (Lipinski definition) is 0. The molecule has 0 amide bonds. The highest BCUT2D eigenvalue weighted by molar-refractivity contribution is 6.03. The molecule has 1 aliphatic rings. The van der Waals surface area contributed by atoms with Crippen molar-refractivity contribution in [3.63, 3.8) is 0 Å². The number of benzene rings is 1. The van der Waals surface area contributed by atoms with Crippen molar-refractivity contribution in [3.8, 4) is 0 Å². The Labute approximate surface area is 89.3 Å². The highest BCUT2D eigenvalue weighted by atomic mass is 16.1. The quantitative estimate of drug-likeness (QED) is 0.690. The minimum atomic E-state index is -0.476. The summed E-state index contributed by atoms with van der Waals surface area (Å²) in [6.45, 7) is 1.89. The highest BCUT2D eigenvalue weighted by Crippen LogP contribution is 2.36. The van der Waals surface area contributed by atoms with Crippen molar-refractivity contribution in [2.75, 3.05) is 0 Å². The molecule has 0 saturated heterocycles. The van der Waals surface area contributed by atoms with Crippen LogP contribution in [-0.2, 0) is 11.2 Å². The van der Waals surface area contributed by atoms with Crippen molar-refractivity contribution in [2.24, 2.45) is 5.41 Å². The number of Topliss-reactive ketones (excluding diaryl/α,β-unsaturated/α-hetero) is 1. The third-order valence-electron chi connectivity index (χ3n) is 3.29. The molecule has 0 spiro atoms. The first-order valence-electron chi connectivity index (χ1n) is 5.24. The van der Waals surface area contributed by atoms with E-state index in [1.54, 1.807) is 0 Å². The maximum atomic E-state index is 12.2. The number of aldehydes is 1. The van der Waals surface area contributed by atoms with Crippen LogP contribution in [0.15, 0.2) is 24.3 Å². The topological polar surface area (TPSA) is 34.1 Å². The van der Waals surface area contributed by atoms with Crippen molar-refractivity contribution in [2.45, 2.75) is 26.2 Å². The smallest absolute Gasteiger partial charge is 0.169 e. The summed E-state index contributed by atoms with van der Waals surface area (Å²) in [5.41, 5.74) is 1.44. The maximum Gasteiger partial charge on any atom is 0.169 e. The second-order valence-corrected chi connectivity index (χ2v) is 4.42. The van der Waals surface area contributed by atoms with Gasteiger partial charge in [0.2, 0.25) is 0 Å². The molecule has 2 nitrogen and oxygen atoms in total. The van der Waals surface area contributed by atoms with Gasteiger partial charge in [0.15, 0.2) is 5.78 Å². The number of fused-ring (bicyclic) bond motifs is 1. The largest absolute Gasteiger partial charge is 0.303 e. The molecule has 0 fully saturated rings. The van der Waals surface area contributed by atoms with Crippen LogP contribution in [0.1, 0.15) is 35.7 Å². The molecule has 0 saturated carbocycles. The van der Waals surface area contributed by atoms with Crippen LogP contribution in [0.25, 0.3) is 0 Å². The van der Waals surface area contributed by atoms with E-state index in [0.29, 0.717) is 6.42 Å². The van der Waals surface area contributed by atoms with Gasteiger partial charge in [-0.05, 0) is 18.4 Å². The van der Waals surface area contributed by atoms with Crippen LogP contribution >= 0.6 is 0 Å². The van der Waals surface area contributed by atoms with Crippen molar-refractivity contribution in [1.29, 1.82) is 0 Å². The van der Waals surface area contributed by atoms with Gasteiger partial charge in [-0.1, -0.05) is 31.2 Å². The van der Waals surface area contributed by atoms with Crippen molar-refractivity contribution < 1.29 is 9.59 Å². The Morgan fingerprint density at radius 2 is 2.13 bits per heavy atom. The first-order valence-corrected chi connectivity index (χ1v) is 5.24. The lowest BCUT2D eigenvalue weighted by Gasteiger charge is -2.31. The zero-order chi connectivity index (χ0) is 10.9. The van der Waals surface area contributed by atoms with Crippen molar-refractivity contribution in [3.05, 3.63) is 35.4 Å². The molecule has 1 aromatic carbocycles. The van der Waals surface area contributed by atoms with Crippen LogP contribution in [0, 0.1) is 5.41 Å². The third-order valence-corrected chi connectivity index (χ3v) is 3.29. The first kappa shape index (κ1) is 10.1. The Morgan fingerprint density at radius 3 is 2.87 bits per heavy atom. The van der Waals surface area contributed by atoms with E-state index in [2.05, 4.69) is 0 Å². The van der Waals surface area contributed by atoms with E-state index >= 15 is 0 Å². The molecule has 1 atom stereocenters. The van der Waals surface area contributed by atoms with Crippen LogP contribution < -0.4 is 0 Å². The molecular weight excluding hydrogens is 188 g/mol. The van der Waals surface area contributed by atoms with Gasteiger partial charge in [0.25, 0.3) is 0 Å². The second-order valence-electron chi connectivity index (χ2n) is 4.42. The molecule has 78 valence electrons. The van der Waals surface area contributed by atoms with Gasteiger partial charge in [0.05, 0.1) is 0 Å². The van der Waals surface area contributed by atoms with Gasteiger partial charge in [-0.25, -0.2) is 0 Å². The number of carbonyl (C=O) groups is 2. The summed E-state index contributed by atoms with van der Waals surface area (Å²) in [5, 5.41) is 0. The zero-order valence-corrected chi connectivity index (χ0v) is 8.82. The Kier molecular flexibility index (Phi) is 2.43. The molecule has 15 heavy (non-hydrogen) atoms. The molecule has 0 N–H and O–H groups in total. The van der Waals surface area contributed by atoms with Gasteiger partial charge >= 0.3 is 0 Å². The number of hydrogen-bond acceptors (Lipinski definition) is 2. The van der Waals surface area contributed by atoms with Gasteiger partial charge in [-0.3, -0.25) is 4.79 Å². The van der Waals surface area contributed by atoms with Gasteiger partial charge in [0.1, 0.15) is 6.29 Å². The summed E-state index contributed by atoms with van der Waals surface area (Å²) in [5.74, 6) is 0.122. The summed E-state index contributed by atoms with van der Waals surface area (Å²) in [6.07, 6.45) is 2.86. The monoisotopic (exact) mass is 202 g/mol. The molecule has 0 bridgehead atoms. The van der Waals surface area contributed by atoms with Crippen LogP contribution in [0.2, 0.25) is 0 Å². The Bertz CT molecular complexity index is 409. The lowest BCUT2D eigenvalue weighted by Crippen LogP contribution is -2.33. The van der Waals surface area contributed by atoms with Crippen LogP contribution in [0.5, 0.6) is 0 Å². The fourth-order valence-electron chi connectivity index (χ4n) is 2.19. The lowest BCUT2D eigenvalue weighted by atomic mass is 9.70. The molecule has 0 radical (unpaired) electrons. The minimum absolute atomic E-state index is 0.122. The number of ketones is 1. The van der Waals surface area contributed by atoms with E-state index in [4.69, 9.17) is 0 Å². The third kappa shape index (κ3) is 1.60. The second kappa shape index (κ2) is 3.61. The summed E-state index contributed by atoms with van der Waals surface area (Å²) >= 11 is 0. The van der Waals surface area contributed by atoms with Gasteiger partial charge in [0, 0.05) is 17.4 Å². The van der Waals surface area contributed by atoms with Crippen LogP contribution in [0.4, 0.5) is 0 Å². The Hall–Kier alpha value is -1.44. The maximum absolute atomic E-state index is 12.2. The number of aryl methyl sites for hydroxylation is 1. The summed E-state index contributed by atoms with van der Waals surface area (Å²) in [6, 6.07) is 7.69. The normalized spacial score (nSPS) is 24.7. The van der Waals surface area contributed by atoms with E-state index in [1.165, 1.54) is 0 Å². The summed E-state index contributed by atoms with van der Waals surface area (Å²) in [7, 11) is 0. The van der Waals surface area contributed by atoms with E-state index < -0.39 is 5.41 Å². The van der Waals surface area contributed by atoms with E-state index in [9.17, 15) is 9.59 Å². The number of rotatable bonds is 2. The standard InChI is InChI=1S/C13H14O2/c1-13(8-9-14)7-6-10-4-2-3-5-11(10)12(13)15/h2-5,9H,6-8H2,1H3. The van der Waals surface area contributed by atoms with Crippen LogP contribution in [0.3, 0.4) is 0 Å². The Morgan fingerprint density at radius 1 is 1.40 bits per heavy atom. The average molecular weight is 202 g/mol. The van der Waals surface area contributed by atoms with E-state index in [1.807, 2.05) is 31.2 Å². The molecular formula is C13H14O2. The molecule has 1 aliphatic carbocycles. The van der Waals surface area contributed by atoms with Gasteiger partial charge < -0.3 is 4.79 Å². The molecule has 1 unspecified atom stereocenters. The fourth-order valence-corrected chi connectivity index (χ4v) is 2.19. The Balaban J connectivity index is 2.41. The van der Waals surface area contributed by atoms with Gasteiger partial charge in [-0.15, -0.1) is 0 Å². The van der Waals surface area contributed by atoms with E-state index in [0.717, 1.165) is 30.3 Å². The predicted octanol–water partition coefficient (Wildman–Crippen LogP) is 2.41. The molecule has 0 aliphatic heterocycles.